The third kappa shape index (κ3) is 4.09. The summed E-state index contributed by atoms with van der Waals surface area (Å²) in [6, 6.07) is 0.278. The Morgan fingerprint density at radius 2 is 1.96 bits per heavy atom. The van der Waals surface area contributed by atoms with E-state index in [4.69, 9.17) is 4.74 Å². The number of morpholine rings is 1. The largest absolute Gasteiger partial charge is 0.379 e. The molecule has 0 aromatic rings. The number of fused-ring (bicyclic) bond motifs is 1. The summed E-state index contributed by atoms with van der Waals surface area (Å²) < 4.78 is 30.8. The standard InChI is InChI=1S/C16H29N3O4S/c1-12-9-15-13(14(12)11-17-24(2,21)22)10-16(20)19(15)4-3-18-5-7-23-8-6-18/h12-15,17H,3-11H2,1-2H3/t12-,13-,14+,15+/m0/s1. The SMILES string of the molecule is C[C@H]1C[C@@H]2[C@@H](CC(=O)N2CCN2CCOCC2)[C@@H]1CNS(C)(=O)=O. The molecule has 0 spiro atoms. The number of hydrogen-bond donors (Lipinski definition) is 1. The number of amides is 1. The topological polar surface area (TPSA) is 79.0 Å². The number of ether oxygens (including phenoxy) is 1. The van der Waals surface area contributed by atoms with Gasteiger partial charge < -0.3 is 9.64 Å². The van der Waals surface area contributed by atoms with Crippen molar-refractivity contribution >= 4 is 15.9 Å². The van der Waals surface area contributed by atoms with E-state index >= 15 is 0 Å². The van der Waals surface area contributed by atoms with Gasteiger partial charge in [-0.3, -0.25) is 9.69 Å². The van der Waals surface area contributed by atoms with Crippen LogP contribution in [0.3, 0.4) is 0 Å². The molecule has 2 aliphatic heterocycles. The molecule has 0 bridgehead atoms. The average molecular weight is 359 g/mol. The Balaban J connectivity index is 1.57. The van der Waals surface area contributed by atoms with Gasteiger partial charge in [-0.25, -0.2) is 13.1 Å². The maximum atomic E-state index is 12.5. The maximum absolute atomic E-state index is 12.5. The maximum Gasteiger partial charge on any atom is 0.223 e. The second kappa shape index (κ2) is 7.27. The number of rotatable bonds is 6. The lowest BCUT2D eigenvalue weighted by Crippen LogP contribution is -2.44. The van der Waals surface area contributed by atoms with Crippen LogP contribution in [-0.4, -0.2) is 82.4 Å². The van der Waals surface area contributed by atoms with Gasteiger partial charge in [0, 0.05) is 45.2 Å². The monoisotopic (exact) mass is 359 g/mol. The zero-order chi connectivity index (χ0) is 17.3. The molecule has 0 radical (unpaired) electrons. The first kappa shape index (κ1) is 18.1. The fraction of sp³-hybridized carbons (Fsp3) is 0.938. The van der Waals surface area contributed by atoms with Crippen molar-refractivity contribution < 1.29 is 17.9 Å². The molecule has 0 aromatic carbocycles. The lowest BCUT2D eigenvalue weighted by atomic mass is 9.89. The van der Waals surface area contributed by atoms with Crippen LogP contribution >= 0.6 is 0 Å². The molecule has 0 unspecified atom stereocenters. The Morgan fingerprint density at radius 1 is 1.25 bits per heavy atom. The van der Waals surface area contributed by atoms with Crippen molar-refractivity contribution in [3.8, 4) is 0 Å². The van der Waals surface area contributed by atoms with Gasteiger partial charge in [-0.2, -0.15) is 0 Å². The van der Waals surface area contributed by atoms with Gasteiger partial charge in [0.1, 0.15) is 0 Å². The van der Waals surface area contributed by atoms with Gasteiger partial charge in [0.25, 0.3) is 0 Å². The molecule has 8 heteroatoms. The Kier molecular flexibility index (Phi) is 5.48. The number of likely N-dealkylation sites (tertiary alicyclic amines) is 1. The van der Waals surface area contributed by atoms with Crippen molar-refractivity contribution in [2.75, 3.05) is 52.2 Å². The Labute approximate surface area is 144 Å². The number of carbonyl (C=O) groups is 1. The smallest absolute Gasteiger partial charge is 0.223 e. The second-order valence-electron chi connectivity index (χ2n) is 7.47. The Morgan fingerprint density at radius 3 is 2.62 bits per heavy atom. The van der Waals surface area contributed by atoms with Crippen LogP contribution in [0.15, 0.2) is 0 Å². The van der Waals surface area contributed by atoms with E-state index in [0.29, 0.717) is 18.9 Å². The molecule has 1 aliphatic carbocycles. The van der Waals surface area contributed by atoms with E-state index in [1.807, 2.05) is 0 Å². The van der Waals surface area contributed by atoms with Gasteiger partial charge in [-0.15, -0.1) is 0 Å². The normalized spacial score (nSPS) is 34.8. The van der Waals surface area contributed by atoms with Crippen LogP contribution in [0.5, 0.6) is 0 Å². The van der Waals surface area contributed by atoms with Crippen molar-refractivity contribution in [2.24, 2.45) is 17.8 Å². The fourth-order valence-corrected chi connectivity index (χ4v) is 5.05. The highest BCUT2D eigenvalue weighted by Gasteiger charge is 2.50. The summed E-state index contributed by atoms with van der Waals surface area (Å²) in [5.74, 6) is 1.20. The van der Waals surface area contributed by atoms with Gasteiger partial charge in [0.15, 0.2) is 0 Å². The molecule has 1 N–H and O–H groups in total. The first-order valence-corrected chi connectivity index (χ1v) is 10.8. The minimum atomic E-state index is -3.18. The van der Waals surface area contributed by atoms with E-state index in [1.54, 1.807) is 0 Å². The molecule has 7 nitrogen and oxygen atoms in total. The predicted molar refractivity (Wildman–Crippen MR) is 91.0 cm³/mol. The molecule has 138 valence electrons. The van der Waals surface area contributed by atoms with Gasteiger partial charge >= 0.3 is 0 Å². The number of nitrogens with one attached hydrogen (secondary N) is 1. The summed E-state index contributed by atoms with van der Waals surface area (Å²) in [6.07, 6.45) is 2.74. The fourth-order valence-electron chi connectivity index (χ4n) is 4.55. The van der Waals surface area contributed by atoms with Crippen molar-refractivity contribution in [1.29, 1.82) is 0 Å². The highest BCUT2D eigenvalue weighted by Crippen LogP contribution is 2.45. The van der Waals surface area contributed by atoms with Crippen molar-refractivity contribution in [1.82, 2.24) is 14.5 Å². The summed E-state index contributed by atoms with van der Waals surface area (Å²) in [6.45, 7) is 7.73. The molecule has 1 amide bonds. The van der Waals surface area contributed by atoms with Gasteiger partial charge in [-0.1, -0.05) is 6.92 Å². The van der Waals surface area contributed by atoms with Crippen molar-refractivity contribution in [2.45, 2.75) is 25.8 Å². The van der Waals surface area contributed by atoms with E-state index in [-0.39, 0.29) is 23.8 Å². The van der Waals surface area contributed by atoms with Crippen LogP contribution in [0, 0.1) is 17.8 Å². The van der Waals surface area contributed by atoms with Crippen LogP contribution in [0.2, 0.25) is 0 Å². The number of hydrogen-bond acceptors (Lipinski definition) is 5. The minimum Gasteiger partial charge on any atom is -0.379 e. The first-order chi connectivity index (χ1) is 11.3. The molecule has 3 aliphatic rings. The summed E-state index contributed by atoms with van der Waals surface area (Å²) in [4.78, 5) is 16.9. The molecule has 1 saturated carbocycles. The van der Waals surface area contributed by atoms with Crippen LogP contribution in [-0.2, 0) is 19.6 Å². The van der Waals surface area contributed by atoms with E-state index < -0.39 is 10.0 Å². The van der Waals surface area contributed by atoms with E-state index in [2.05, 4.69) is 21.4 Å². The third-order valence-corrected chi connectivity index (χ3v) is 6.55. The lowest BCUT2D eigenvalue weighted by Gasteiger charge is -2.31. The lowest BCUT2D eigenvalue weighted by molar-refractivity contribution is -0.129. The molecule has 4 atom stereocenters. The summed E-state index contributed by atoms with van der Waals surface area (Å²) in [5, 5.41) is 0. The molecule has 24 heavy (non-hydrogen) atoms. The second-order valence-corrected chi connectivity index (χ2v) is 9.31. The summed E-state index contributed by atoms with van der Waals surface area (Å²) in [5.41, 5.74) is 0. The molecule has 2 saturated heterocycles. The Hall–Kier alpha value is -0.700. The number of nitrogens with zero attached hydrogens (tertiary/aromatic N) is 2. The zero-order valence-corrected chi connectivity index (χ0v) is 15.4. The third-order valence-electron chi connectivity index (χ3n) is 5.86. The predicted octanol–water partition coefficient (Wildman–Crippen LogP) is -0.259. The van der Waals surface area contributed by atoms with Crippen LogP contribution in [0.25, 0.3) is 0 Å². The highest BCUT2D eigenvalue weighted by atomic mass is 32.2. The summed E-state index contributed by atoms with van der Waals surface area (Å²) in [7, 11) is -3.18. The van der Waals surface area contributed by atoms with Crippen LogP contribution in [0.4, 0.5) is 0 Å². The number of carbonyl (C=O) groups excluding carboxylic acids is 1. The van der Waals surface area contributed by atoms with Crippen molar-refractivity contribution in [3.05, 3.63) is 0 Å². The zero-order valence-electron chi connectivity index (χ0n) is 14.6. The number of sulfonamides is 1. The molecular weight excluding hydrogens is 330 g/mol. The van der Waals surface area contributed by atoms with E-state index in [9.17, 15) is 13.2 Å². The first-order valence-electron chi connectivity index (χ1n) is 8.89. The minimum absolute atomic E-state index is 0.231. The van der Waals surface area contributed by atoms with Crippen LogP contribution < -0.4 is 4.72 Å². The quantitative estimate of drug-likeness (QED) is 0.707. The Bertz CT molecular complexity index is 562. The van der Waals surface area contributed by atoms with Crippen molar-refractivity contribution in [3.63, 3.8) is 0 Å². The molecule has 0 aromatic heterocycles. The van der Waals surface area contributed by atoms with Gasteiger partial charge in [0.05, 0.1) is 19.5 Å². The van der Waals surface area contributed by atoms with E-state index in [1.165, 1.54) is 6.26 Å². The summed E-state index contributed by atoms with van der Waals surface area (Å²) >= 11 is 0. The molecule has 3 rings (SSSR count). The average Bonchev–Trinajstić information content (AvgIpc) is 2.97. The van der Waals surface area contributed by atoms with Gasteiger partial charge in [0.2, 0.25) is 15.9 Å². The molecule has 3 fully saturated rings. The highest BCUT2D eigenvalue weighted by molar-refractivity contribution is 7.88. The molecular formula is C16H29N3O4S. The molecule has 2 heterocycles. The van der Waals surface area contributed by atoms with Crippen LogP contribution in [0.1, 0.15) is 19.8 Å². The van der Waals surface area contributed by atoms with Gasteiger partial charge in [-0.05, 0) is 24.2 Å². The van der Waals surface area contributed by atoms with E-state index in [0.717, 1.165) is 45.8 Å².